The van der Waals surface area contributed by atoms with Gasteiger partial charge in [0.05, 0.1) is 10.9 Å². The number of anilines is 1. The highest BCUT2D eigenvalue weighted by Gasteiger charge is 2.16. The number of nitrogen functional groups attached to an aromatic ring is 1. The molecule has 0 saturated carbocycles. The van der Waals surface area contributed by atoms with Crippen molar-refractivity contribution in [3.8, 4) is 0 Å². The Labute approximate surface area is 111 Å². The average molecular weight is 270 g/mol. The van der Waals surface area contributed by atoms with Gasteiger partial charge in [-0.2, -0.15) is 0 Å². The first kappa shape index (κ1) is 14.8. The molecule has 0 aliphatic carbocycles. The molecule has 1 rings (SSSR count). The maximum atomic E-state index is 13.3. The van der Waals surface area contributed by atoms with Gasteiger partial charge >= 0.3 is 0 Å². The summed E-state index contributed by atoms with van der Waals surface area (Å²) in [6.45, 7) is 5.77. The number of rotatable bonds is 5. The monoisotopic (exact) mass is 270 g/mol. The molecule has 2 atom stereocenters. The molecule has 18 heavy (non-hydrogen) atoms. The first-order chi connectivity index (χ1) is 8.43. The van der Waals surface area contributed by atoms with Crippen LogP contribution in [0.2, 0.25) is 0 Å². The van der Waals surface area contributed by atoms with E-state index in [2.05, 4.69) is 5.32 Å². The minimum Gasteiger partial charge on any atom is -0.396 e. The van der Waals surface area contributed by atoms with Crippen molar-refractivity contribution in [3.05, 3.63) is 24.0 Å². The van der Waals surface area contributed by atoms with E-state index in [4.69, 9.17) is 5.73 Å². The van der Waals surface area contributed by atoms with Gasteiger partial charge in [-0.05, 0) is 38.5 Å². The summed E-state index contributed by atoms with van der Waals surface area (Å²) in [4.78, 5) is 12.5. The Kier molecular flexibility index (Phi) is 5.47. The second-order valence-electron chi connectivity index (χ2n) is 4.26. The first-order valence-electron chi connectivity index (χ1n) is 5.96. The largest absolute Gasteiger partial charge is 0.396 e. The number of thioether (sulfide) groups is 1. The summed E-state index contributed by atoms with van der Waals surface area (Å²) >= 11 is 1.32. The Hall–Kier alpha value is -1.23. The van der Waals surface area contributed by atoms with Crippen LogP contribution in [0.5, 0.6) is 0 Å². The molecule has 5 heteroatoms. The molecule has 1 amide bonds. The molecule has 0 spiro atoms. The van der Waals surface area contributed by atoms with E-state index in [9.17, 15) is 9.18 Å². The number of nitrogens with one attached hydrogen (secondary N) is 1. The van der Waals surface area contributed by atoms with Gasteiger partial charge in [0.2, 0.25) is 5.91 Å². The van der Waals surface area contributed by atoms with Crippen molar-refractivity contribution >= 4 is 23.4 Å². The van der Waals surface area contributed by atoms with Crippen LogP contribution in [0.25, 0.3) is 0 Å². The molecule has 0 bridgehead atoms. The lowest BCUT2D eigenvalue weighted by molar-refractivity contribution is -0.120. The summed E-state index contributed by atoms with van der Waals surface area (Å²) in [5.41, 5.74) is 5.52. The molecule has 0 radical (unpaired) electrons. The summed E-state index contributed by atoms with van der Waals surface area (Å²) in [5, 5.41) is 2.64. The van der Waals surface area contributed by atoms with Gasteiger partial charge in [-0.1, -0.05) is 6.92 Å². The number of carbonyl (C=O) groups is 1. The quantitative estimate of drug-likeness (QED) is 0.639. The van der Waals surface area contributed by atoms with Crippen molar-refractivity contribution in [1.82, 2.24) is 5.32 Å². The van der Waals surface area contributed by atoms with Crippen molar-refractivity contribution in [2.75, 3.05) is 5.73 Å². The van der Waals surface area contributed by atoms with E-state index in [0.717, 1.165) is 6.42 Å². The van der Waals surface area contributed by atoms with Gasteiger partial charge in [-0.3, -0.25) is 4.79 Å². The van der Waals surface area contributed by atoms with Gasteiger partial charge in [0.1, 0.15) is 5.82 Å². The van der Waals surface area contributed by atoms with Gasteiger partial charge in [0, 0.05) is 10.9 Å². The number of amides is 1. The van der Waals surface area contributed by atoms with Crippen LogP contribution in [0.4, 0.5) is 10.1 Å². The molecule has 1 aromatic carbocycles. The fraction of sp³-hybridized carbons (Fsp3) is 0.462. The lowest BCUT2D eigenvalue weighted by Gasteiger charge is -2.16. The lowest BCUT2D eigenvalue weighted by atomic mass is 10.2. The third kappa shape index (κ3) is 4.22. The number of benzene rings is 1. The highest BCUT2D eigenvalue weighted by Crippen LogP contribution is 2.26. The van der Waals surface area contributed by atoms with Crippen LogP contribution >= 0.6 is 11.8 Å². The first-order valence-corrected chi connectivity index (χ1v) is 6.84. The molecule has 0 saturated heterocycles. The summed E-state index contributed by atoms with van der Waals surface area (Å²) in [7, 11) is 0. The fourth-order valence-electron chi connectivity index (χ4n) is 1.30. The van der Waals surface area contributed by atoms with Gasteiger partial charge in [0.25, 0.3) is 0 Å². The molecule has 3 nitrogen and oxygen atoms in total. The minimum absolute atomic E-state index is 0.0356. The highest BCUT2D eigenvalue weighted by atomic mass is 32.2. The predicted octanol–water partition coefficient (Wildman–Crippen LogP) is 2.80. The summed E-state index contributed by atoms with van der Waals surface area (Å²) < 4.78 is 13.3. The third-order valence-electron chi connectivity index (χ3n) is 2.66. The fourth-order valence-corrected chi connectivity index (χ4v) is 2.20. The van der Waals surface area contributed by atoms with Crippen LogP contribution in [0.3, 0.4) is 0 Å². The number of halogens is 1. The zero-order valence-corrected chi connectivity index (χ0v) is 11.7. The molecule has 3 N–H and O–H groups in total. The Bertz CT molecular complexity index is 425. The smallest absolute Gasteiger partial charge is 0.233 e. The average Bonchev–Trinajstić information content (AvgIpc) is 2.33. The van der Waals surface area contributed by atoms with Crippen molar-refractivity contribution in [2.45, 2.75) is 43.4 Å². The molecule has 1 aromatic rings. The zero-order chi connectivity index (χ0) is 13.7. The molecule has 100 valence electrons. The van der Waals surface area contributed by atoms with Crippen LogP contribution in [-0.2, 0) is 4.79 Å². The van der Waals surface area contributed by atoms with Crippen LogP contribution in [0.1, 0.15) is 27.2 Å². The summed E-state index contributed by atoms with van der Waals surface area (Å²) in [5.74, 6) is -0.485. The number of hydrogen-bond acceptors (Lipinski definition) is 3. The van der Waals surface area contributed by atoms with Gasteiger partial charge in [0.15, 0.2) is 0 Å². The van der Waals surface area contributed by atoms with Crippen molar-refractivity contribution in [3.63, 3.8) is 0 Å². The van der Waals surface area contributed by atoms with Crippen molar-refractivity contribution < 1.29 is 9.18 Å². The molecule has 0 aromatic heterocycles. The van der Waals surface area contributed by atoms with Crippen LogP contribution in [0, 0.1) is 5.82 Å². The van der Waals surface area contributed by atoms with E-state index >= 15 is 0 Å². The Morgan fingerprint density at radius 2 is 2.17 bits per heavy atom. The Morgan fingerprint density at radius 1 is 1.50 bits per heavy atom. The van der Waals surface area contributed by atoms with E-state index in [0.29, 0.717) is 4.90 Å². The second-order valence-corrected chi connectivity index (χ2v) is 5.68. The van der Waals surface area contributed by atoms with Gasteiger partial charge < -0.3 is 11.1 Å². The standard InChI is InChI=1S/C13H19FN2OS/c1-4-8(2)16-13(17)9(3)18-10-5-6-12(15)11(14)7-10/h5-9H,4,15H2,1-3H3,(H,16,17). The third-order valence-corrected chi connectivity index (χ3v) is 3.75. The molecular weight excluding hydrogens is 251 g/mol. The normalized spacial score (nSPS) is 14.0. The Morgan fingerprint density at radius 3 is 2.72 bits per heavy atom. The van der Waals surface area contributed by atoms with E-state index in [1.54, 1.807) is 13.0 Å². The molecule has 0 heterocycles. The Balaban J connectivity index is 2.60. The minimum atomic E-state index is -0.450. The number of carbonyl (C=O) groups excluding carboxylic acids is 1. The van der Waals surface area contributed by atoms with E-state index < -0.39 is 5.82 Å². The van der Waals surface area contributed by atoms with E-state index in [-0.39, 0.29) is 22.9 Å². The molecule has 0 fully saturated rings. The van der Waals surface area contributed by atoms with E-state index in [1.165, 1.54) is 23.9 Å². The maximum absolute atomic E-state index is 13.3. The number of hydrogen-bond donors (Lipinski definition) is 2. The lowest BCUT2D eigenvalue weighted by Crippen LogP contribution is -2.37. The van der Waals surface area contributed by atoms with Crippen molar-refractivity contribution in [2.24, 2.45) is 0 Å². The van der Waals surface area contributed by atoms with Gasteiger partial charge in [-0.15, -0.1) is 11.8 Å². The number of nitrogens with two attached hydrogens (primary N) is 1. The van der Waals surface area contributed by atoms with Crippen LogP contribution < -0.4 is 11.1 Å². The van der Waals surface area contributed by atoms with Crippen LogP contribution in [0.15, 0.2) is 23.1 Å². The van der Waals surface area contributed by atoms with E-state index in [1.807, 2.05) is 13.8 Å². The predicted molar refractivity (Wildman–Crippen MR) is 74.0 cm³/mol. The summed E-state index contributed by atoms with van der Waals surface area (Å²) in [6.07, 6.45) is 0.889. The molecule has 2 unspecified atom stereocenters. The van der Waals surface area contributed by atoms with Crippen LogP contribution in [-0.4, -0.2) is 17.2 Å². The molecule has 0 aliphatic rings. The second kappa shape index (κ2) is 6.64. The molecule has 0 aliphatic heterocycles. The summed E-state index contributed by atoms with van der Waals surface area (Å²) in [6, 6.07) is 4.74. The molecular formula is C13H19FN2OS. The maximum Gasteiger partial charge on any atom is 0.233 e. The SMILES string of the molecule is CCC(C)NC(=O)C(C)Sc1ccc(N)c(F)c1. The highest BCUT2D eigenvalue weighted by molar-refractivity contribution is 8.00. The zero-order valence-electron chi connectivity index (χ0n) is 10.9. The van der Waals surface area contributed by atoms with Gasteiger partial charge in [-0.25, -0.2) is 4.39 Å². The van der Waals surface area contributed by atoms with Crippen molar-refractivity contribution in [1.29, 1.82) is 0 Å². The topological polar surface area (TPSA) is 55.1 Å².